The van der Waals surface area contributed by atoms with Gasteiger partial charge in [-0.1, -0.05) is 13.0 Å². The lowest BCUT2D eigenvalue weighted by Crippen LogP contribution is -2.25. The Labute approximate surface area is 88.7 Å². The minimum absolute atomic E-state index is 0.125. The maximum Gasteiger partial charge on any atom is 0.221 e. The molecule has 1 rings (SSSR count). The highest BCUT2D eigenvalue weighted by molar-refractivity contribution is 5.78. The highest BCUT2D eigenvalue weighted by Crippen LogP contribution is 1.98. The molecule has 1 amide bonds. The third-order valence-corrected chi connectivity index (χ3v) is 1.93. The Hall–Kier alpha value is -1.71. The van der Waals surface area contributed by atoms with Gasteiger partial charge in [-0.05, 0) is 12.1 Å². The van der Waals surface area contributed by atoms with Gasteiger partial charge >= 0.3 is 0 Å². The number of amides is 1. The van der Waals surface area contributed by atoms with Gasteiger partial charge < -0.3 is 10.1 Å². The van der Waals surface area contributed by atoms with Crippen LogP contribution in [0.3, 0.4) is 0 Å². The number of carbonyl (C=O) groups excluding carboxylic acids is 2. The normalized spacial score (nSPS) is 11.8. The van der Waals surface area contributed by atoms with Crippen molar-refractivity contribution < 1.29 is 9.59 Å². The van der Waals surface area contributed by atoms with Gasteiger partial charge in [0.25, 0.3) is 0 Å². The van der Waals surface area contributed by atoms with Gasteiger partial charge in [-0.15, -0.1) is 0 Å². The summed E-state index contributed by atoms with van der Waals surface area (Å²) in [5.41, 5.74) is 0.810. The SMILES string of the molecule is C[C@@H](C=O)CC(=O)NCc1ccccn1. The molecule has 0 fully saturated rings. The van der Waals surface area contributed by atoms with Gasteiger partial charge in [-0.3, -0.25) is 9.78 Å². The summed E-state index contributed by atoms with van der Waals surface area (Å²) in [7, 11) is 0. The Kier molecular flexibility index (Phi) is 4.47. The second-order valence-electron chi connectivity index (χ2n) is 3.42. The van der Waals surface area contributed by atoms with Gasteiger partial charge in [-0.2, -0.15) is 0 Å². The van der Waals surface area contributed by atoms with Crippen LogP contribution < -0.4 is 5.32 Å². The molecule has 4 nitrogen and oxygen atoms in total. The summed E-state index contributed by atoms with van der Waals surface area (Å²) in [6.07, 6.45) is 2.69. The summed E-state index contributed by atoms with van der Waals surface area (Å²) in [6, 6.07) is 5.52. The van der Waals surface area contributed by atoms with Crippen LogP contribution in [0.25, 0.3) is 0 Å². The van der Waals surface area contributed by atoms with Gasteiger partial charge in [0.05, 0.1) is 12.2 Å². The molecule has 0 radical (unpaired) electrons. The number of carbonyl (C=O) groups is 2. The monoisotopic (exact) mass is 206 g/mol. The van der Waals surface area contributed by atoms with Gasteiger partial charge in [0, 0.05) is 18.5 Å². The summed E-state index contributed by atoms with van der Waals surface area (Å²) in [5.74, 6) is -0.353. The van der Waals surface area contributed by atoms with Crippen LogP contribution in [0.1, 0.15) is 19.0 Å². The van der Waals surface area contributed by atoms with Crippen molar-refractivity contribution >= 4 is 12.2 Å². The molecule has 0 aliphatic rings. The molecule has 15 heavy (non-hydrogen) atoms. The predicted molar refractivity (Wildman–Crippen MR) is 55.9 cm³/mol. The average Bonchev–Trinajstić information content (AvgIpc) is 2.27. The van der Waals surface area contributed by atoms with Crippen molar-refractivity contribution in [3.63, 3.8) is 0 Å². The molecule has 1 aromatic heterocycles. The molecule has 80 valence electrons. The van der Waals surface area contributed by atoms with E-state index in [1.807, 2.05) is 18.2 Å². The molecule has 1 N–H and O–H groups in total. The first-order chi connectivity index (χ1) is 7.22. The molecule has 1 aromatic rings. The quantitative estimate of drug-likeness (QED) is 0.729. The molecule has 0 aliphatic carbocycles. The van der Waals surface area contributed by atoms with E-state index in [0.29, 0.717) is 6.54 Å². The molecular weight excluding hydrogens is 192 g/mol. The molecule has 1 heterocycles. The predicted octanol–water partition coefficient (Wildman–Crippen LogP) is 0.923. The topological polar surface area (TPSA) is 59.1 Å². The summed E-state index contributed by atoms with van der Waals surface area (Å²) in [6.45, 7) is 2.12. The van der Waals surface area contributed by atoms with Crippen LogP contribution in [0.2, 0.25) is 0 Å². The van der Waals surface area contributed by atoms with Crippen molar-refractivity contribution in [2.45, 2.75) is 19.9 Å². The Morgan fingerprint density at radius 3 is 3.00 bits per heavy atom. The fourth-order valence-corrected chi connectivity index (χ4v) is 1.10. The van der Waals surface area contributed by atoms with Gasteiger partial charge in [-0.25, -0.2) is 0 Å². The third-order valence-electron chi connectivity index (χ3n) is 1.93. The van der Waals surface area contributed by atoms with E-state index in [1.165, 1.54) is 0 Å². The van der Waals surface area contributed by atoms with E-state index in [0.717, 1.165) is 12.0 Å². The molecule has 0 aliphatic heterocycles. The van der Waals surface area contributed by atoms with E-state index < -0.39 is 0 Å². The molecule has 0 saturated carbocycles. The Bertz CT molecular complexity index is 325. The maximum atomic E-state index is 11.3. The maximum absolute atomic E-state index is 11.3. The number of hydrogen-bond acceptors (Lipinski definition) is 3. The zero-order valence-electron chi connectivity index (χ0n) is 8.64. The average molecular weight is 206 g/mol. The lowest BCUT2D eigenvalue weighted by Gasteiger charge is -2.05. The van der Waals surface area contributed by atoms with Crippen LogP contribution in [-0.4, -0.2) is 17.2 Å². The van der Waals surface area contributed by atoms with E-state index in [4.69, 9.17) is 0 Å². The minimum atomic E-state index is -0.228. The molecular formula is C11H14N2O2. The zero-order chi connectivity index (χ0) is 11.1. The number of hydrogen-bond donors (Lipinski definition) is 1. The number of aldehydes is 1. The largest absolute Gasteiger partial charge is 0.350 e. The van der Waals surface area contributed by atoms with Gasteiger partial charge in [0.2, 0.25) is 5.91 Å². The van der Waals surface area contributed by atoms with Crippen LogP contribution in [0, 0.1) is 5.92 Å². The highest BCUT2D eigenvalue weighted by atomic mass is 16.1. The van der Waals surface area contributed by atoms with Crippen molar-refractivity contribution in [3.8, 4) is 0 Å². The lowest BCUT2D eigenvalue weighted by molar-refractivity contribution is -0.124. The zero-order valence-corrected chi connectivity index (χ0v) is 8.64. The van der Waals surface area contributed by atoms with Crippen molar-refractivity contribution in [1.29, 1.82) is 0 Å². The second kappa shape index (κ2) is 5.90. The van der Waals surface area contributed by atoms with Crippen LogP contribution in [-0.2, 0) is 16.1 Å². The second-order valence-corrected chi connectivity index (χ2v) is 3.42. The smallest absolute Gasteiger partial charge is 0.221 e. The summed E-state index contributed by atoms with van der Waals surface area (Å²) in [5, 5.41) is 2.70. The first-order valence-electron chi connectivity index (χ1n) is 4.84. The van der Waals surface area contributed by atoms with Gasteiger partial charge in [0.1, 0.15) is 6.29 Å². The third kappa shape index (κ3) is 4.35. The molecule has 0 saturated heterocycles. The standard InChI is InChI=1S/C11H14N2O2/c1-9(8-14)6-11(15)13-7-10-4-2-3-5-12-10/h2-5,8-9H,6-7H2,1H3,(H,13,15)/t9-/m1/s1. The Morgan fingerprint density at radius 2 is 2.40 bits per heavy atom. The van der Waals surface area contributed by atoms with Crippen LogP contribution in [0.5, 0.6) is 0 Å². The van der Waals surface area contributed by atoms with E-state index >= 15 is 0 Å². The van der Waals surface area contributed by atoms with Crippen LogP contribution >= 0.6 is 0 Å². The number of nitrogens with one attached hydrogen (secondary N) is 1. The fourth-order valence-electron chi connectivity index (χ4n) is 1.10. The van der Waals surface area contributed by atoms with E-state index in [2.05, 4.69) is 10.3 Å². The van der Waals surface area contributed by atoms with E-state index in [1.54, 1.807) is 13.1 Å². The number of aromatic nitrogens is 1. The van der Waals surface area contributed by atoms with Crippen molar-refractivity contribution in [2.75, 3.05) is 0 Å². The van der Waals surface area contributed by atoms with Crippen molar-refractivity contribution in [1.82, 2.24) is 10.3 Å². The summed E-state index contributed by atoms with van der Waals surface area (Å²) in [4.78, 5) is 25.7. The Balaban J connectivity index is 2.31. The van der Waals surface area contributed by atoms with Crippen LogP contribution in [0.4, 0.5) is 0 Å². The molecule has 0 spiro atoms. The van der Waals surface area contributed by atoms with E-state index in [9.17, 15) is 9.59 Å². The molecule has 1 atom stereocenters. The molecule has 0 aromatic carbocycles. The first-order valence-corrected chi connectivity index (χ1v) is 4.84. The van der Waals surface area contributed by atoms with Gasteiger partial charge in [0.15, 0.2) is 0 Å². The lowest BCUT2D eigenvalue weighted by atomic mass is 10.1. The summed E-state index contributed by atoms with van der Waals surface area (Å²) >= 11 is 0. The number of pyridine rings is 1. The summed E-state index contributed by atoms with van der Waals surface area (Å²) < 4.78 is 0. The van der Waals surface area contributed by atoms with Crippen molar-refractivity contribution in [2.24, 2.45) is 5.92 Å². The van der Waals surface area contributed by atoms with E-state index in [-0.39, 0.29) is 18.2 Å². The van der Waals surface area contributed by atoms with Crippen molar-refractivity contribution in [3.05, 3.63) is 30.1 Å². The van der Waals surface area contributed by atoms with Crippen LogP contribution in [0.15, 0.2) is 24.4 Å². The molecule has 4 heteroatoms. The number of nitrogens with zero attached hydrogens (tertiary/aromatic N) is 1. The molecule has 0 unspecified atom stereocenters. The number of rotatable bonds is 5. The Morgan fingerprint density at radius 1 is 1.60 bits per heavy atom. The molecule has 0 bridgehead atoms. The fraction of sp³-hybridized carbons (Fsp3) is 0.364. The highest BCUT2D eigenvalue weighted by Gasteiger charge is 2.07. The first kappa shape index (κ1) is 11.4. The minimum Gasteiger partial charge on any atom is -0.350 e.